The Kier molecular flexibility index (Phi) is 2.46. The summed E-state index contributed by atoms with van der Waals surface area (Å²) in [5.74, 6) is 2.20. The van der Waals surface area contributed by atoms with Crippen molar-refractivity contribution in [2.24, 2.45) is 28.6 Å². The van der Waals surface area contributed by atoms with Crippen molar-refractivity contribution in [3.8, 4) is 0 Å². The van der Waals surface area contributed by atoms with E-state index < -0.39 is 0 Å². The second kappa shape index (κ2) is 4.22. The Hall–Kier alpha value is -1.16. The van der Waals surface area contributed by atoms with Crippen LogP contribution >= 0.6 is 0 Å². The Morgan fingerprint density at radius 3 is 2.70 bits per heavy atom. The molecular formula is C23H28O4. The van der Waals surface area contributed by atoms with Gasteiger partial charge >= 0.3 is 5.97 Å². The summed E-state index contributed by atoms with van der Waals surface area (Å²) in [7, 11) is 0. The molecule has 0 aromatic rings. The van der Waals surface area contributed by atoms with Gasteiger partial charge in [-0.15, -0.1) is 0 Å². The maximum absolute atomic E-state index is 12.2. The summed E-state index contributed by atoms with van der Waals surface area (Å²) in [4.78, 5) is 24.3. The molecule has 6 fully saturated rings. The molecule has 2 aliphatic heterocycles. The van der Waals surface area contributed by atoms with E-state index in [0.717, 1.165) is 25.7 Å². The second-order valence-electron chi connectivity index (χ2n) is 11.0. The van der Waals surface area contributed by atoms with Crippen LogP contribution in [0.25, 0.3) is 0 Å². The van der Waals surface area contributed by atoms with E-state index in [1.807, 2.05) is 0 Å². The fraction of sp³-hybridized carbons (Fsp3) is 0.826. The van der Waals surface area contributed by atoms with Crippen LogP contribution in [-0.4, -0.2) is 29.1 Å². The zero-order valence-electron chi connectivity index (χ0n) is 16.3. The lowest BCUT2D eigenvalue weighted by Crippen LogP contribution is -2.60. The molecule has 0 N–H and O–H groups in total. The van der Waals surface area contributed by atoms with E-state index in [1.54, 1.807) is 5.57 Å². The largest absolute Gasteiger partial charge is 0.458 e. The average molecular weight is 368 g/mol. The first kappa shape index (κ1) is 15.7. The van der Waals surface area contributed by atoms with E-state index in [4.69, 9.17) is 9.47 Å². The van der Waals surface area contributed by atoms with Gasteiger partial charge in [0.1, 0.15) is 17.0 Å². The Bertz CT molecular complexity index is 858. The van der Waals surface area contributed by atoms with E-state index in [2.05, 4.69) is 13.8 Å². The smallest absolute Gasteiger partial charge is 0.306 e. The van der Waals surface area contributed by atoms with Gasteiger partial charge in [-0.3, -0.25) is 9.59 Å². The van der Waals surface area contributed by atoms with Gasteiger partial charge in [0.25, 0.3) is 0 Å². The molecule has 2 unspecified atom stereocenters. The quantitative estimate of drug-likeness (QED) is 0.371. The highest BCUT2D eigenvalue weighted by molar-refractivity contribution is 5.84. The van der Waals surface area contributed by atoms with Crippen molar-refractivity contribution in [1.82, 2.24) is 0 Å². The Labute approximate surface area is 160 Å². The number of rotatable bonds is 0. The number of carbonyl (C=O) groups is 2. The molecule has 5 aliphatic carbocycles. The monoisotopic (exact) mass is 368 g/mol. The van der Waals surface area contributed by atoms with Crippen LogP contribution in [0, 0.1) is 28.6 Å². The Morgan fingerprint density at radius 2 is 1.93 bits per heavy atom. The third kappa shape index (κ3) is 1.47. The average Bonchev–Trinajstić information content (AvgIpc) is 3.49. The molecule has 7 rings (SSSR count). The van der Waals surface area contributed by atoms with E-state index in [1.165, 1.54) is 18.4 Å². The summed E-state index contributed by atoms with van der Waals surface area (Å²) in [6.45, 7) is 4.81. The van der Waals surface area contributed by atoms with Crippen LogP contribution in [0.2, 0.25) is 0 Å². The first-order chi connectivity index (χ1) is 12.8. The van der Waals surface area contributed by atoms with Crippen molar-refractivity contribution in [2.75, 3.05) is 0 Å². The fourth-order valence-corrected chi connectivity index (χ4v) is 9.04. The van der Waals surface area contributed by atoms with Crippen LogP contribution in [-0.2, 0) is 19.1 Å². The molecule has 2 spiro atoms. The fourth-order valence-electron chi connectivity index (χ4n) is 9.04. The van der Waals surface area contributed by atoms with E-state index in [-0.39, 0.29) is 34.1 Å². The molecule has 4 heteroatoms. The third-order valence-electron chi connectivity index (χ3n) is 10.4. The maximum atomic E-state index is 12.2. The Balaban J connectivity index is 1.36. The predicted octanol–water partition coefficient (Wildman–Crippen LogP) is 3.73. The molecule has 0 aromatic heterocycles. The topological polar surface area (TPSA) is 55.9 Å². The van der Waals surface area contributed by atoms with Gasteiger partial charge in [0.2, 0.25) is 0 Å². The van der Waals surface area contributed by atoms with E-state index in [0.29, 0.717) is 42.8 Å². The number of hydrogen-bond donors (Lipinski definition) is 0. The summed E-state index contributed by atoms with van der Waals surface area (Å²) in [6.07, 6.45) is 8.54. The van der Waals surface area contributed by atoms with Crippen molar-refractivity contribution >= 4 is 11.8 Å². The van der Waals surface area contributed by atoms with Gasteiger partial charge in [0.15, 0.2) is 0 Å². The zero-order valence-corrected chi connectivity index (χ0v) is 16.3. The molecule has 144 valence electrons. The summed E-state index contributed by atoms with van der Waals surface area (Å²) in [6, 6.07) is 0. The van der Waals surface area contributed by atoms with Crippen molar-refractivity contribution in [3.63, 3.8) is 0 Å². The number of esters is 1. The summed E-state index contributed by atoms with van der Waals surface area (Å²) < 4.78 is 12.8. The van der Waals surface area contributed by atoms with Gasteiger partial charge in [-0.2, -0.15) is 0 Å². The number of fused-ring (bicyclic) bond motifs is 6. The van der Waals surface area contributed by atoms with Gasteiger partial charge in [-0.05, 0) is 50.4 Å². The number of carbonyl (C=O) groups excluding carboxylic acids is 2. The number of epoxide rings is 1. The predicted molar refractivity (Wildman–Crippen MR) is 96.7 cm³/mol. The van der Waals surface area contributed by atoms with Crippen molar-refractivity contribution in [1.29, 1.82) is 0 Å². The Morgan fingerprint density at radius 1 is 1.07 bits per heavy atom. The van der Waals surface area contributed by atoms with Crippen LogP contribution in [0.5, 0.6) is 0 Å². The highest BCUT2D eigenvalue weighted by Crippen LogP contribution is 2.81. The van der Waals surface area contributed by atoms with Gasteiger partial charge in [-0.1, -0.05) is 25.0 Å². The van der Waals surface area contributed by atoms with Crippen LogP contribution in [0.1, 0.15) is 71.6 Å². The van der Waals surface area contributed by atoms with Gasteiger partial charge < -0.3 is 9.47 Å². The highest BCUT2D eigenvalue weighted by atomic mass is 16.6. The van der Waals surface area contributed by atoms with Gasteiger partial charge in [-0.25, -0.2) is 0 Å². The van der Waals surface area contributed by atoms with Crippen molar-refractivity contribution in [2.45, 2.75) is 88.9 Å². The summed E-state index contributed by atoms with van der Waals surface area (Å²) in [5.41, 5.74) is 2.90. The molecule has 8 atom stereocenters. The number of hydrogen-bond acceptors (Lipinski definition) is 4. The minimum absolute atomic E-state index is 0.00104. The molecule has 2 heterocycles. The molecular weight excluding hydrogens is 340 g/mol. The number of allylic oxidation sites excluding steroid dienone is 1. The molecule has 0 bridgehead atoms. The molecule has 0 aromatic carbocycles. The molecule has 0 radical (unpaired) electrons. The molecule has 4 saturated carbocycles. The molecule has 7 aliphatic rings. The number of ketones is 1. The third-order valence-corrected chi connectivity index (χ3v) is 10.4. The standard InChI is InChI=1S/C23H28O4/c1-20-6-3-12(24)9-16(20)13-10-14(13)19-15-4-7-22(8-5-18(25)27-22)21(15,2)11-17-23(19,20)26-17/h14-15,17,19H,3-11H2,1-2H3/t14-,15-,17?,19-,20-,21-,22+,23?/m0/s1. The maximum Gasteiger partial charge on any atom is 0.306 e. The zero-order chi connectivity index (χ0) is 18.4. The summed E-state index contributed by atoms with van der Waals surface area (Å²) in [5, 5.41) is 0. The van der Waals surface area contributed by atoms with Crippen LogP contribution in [0.4, 0.5) is 0 Å². The van der Waals surface area contributed by atoms with Crippen molar-refractivity contribution in [3.05, 3.63) is 11.1 Å². The SMILES string of the molecule is C[C@]12CCC(=O)CC1=C1C[C@@H]1[C@H]1[C@@H]3CC[C@@]4(CCC(=O)O4)[C@@]3(C)CC3OC312. The van der Waals surface area contributed by atoms with E-state index in [9.17, 15) is 9.59 Å². The molecule has 2 saturated heterocycles. The first-order valence-corrected chi connectivity index (χ1v) is 11.0. The normalized spacial score (nSPS) is 59.6. The lowest BCUT2D eigenvalue weighted by molar-refractivity contribution is -0.164. The van der Waals surface area contributed by atoms with Crippen molar-refractivity contribution < 1.29 is 19.1 Å². The minimum Gasteiger partial charge on any atom is -0.458 e. The second-order valence-corrected chi connectivity index (χ2v) is 11.0. The van der Waals surface area contributed by atoms with Crippen LogP contribution < -0.4 is 0 Å². The molecule has 27 heavy (non-hydrogen) atoms. The molecule has 4 nitrogen and oxygen atoms in total. The first-order valence-electron chi connectivity index (χ1n) is 11.0. The number of Topliss-reactive ketones (excluding diaryl/α,β-unsaturated/α-hetero) is 1. The van der Waals surface area contributed by atoms with Crippen LogP contribution in [0.3, 0.4) is 0 Å². The van der Waals surface area contributed by atoms with Gasteiger partial charge in [0, 0.05) is 36.0 Å². The number of ether oxygens (including phenoxy) is 2. The van der Waals surface area contributed by atoms with Gasteiger partial charge in [0.05, 0.1) is 6.10 Å². The lowest BCUT2D eigenvalue weighted by atomic mass is 9.46. The highest BCUT2D eigenvalue weighted by Gasteiger charge is 2.84. The molecule has 0 amide bonds. The lowest BCUT2D eigenvalue weighted by Gasteiger charge is -2.56. The van der Waals surface area contributed by atoms with E-state index >= 15 is 0 Å². The minimum atomic E-state index is -0.241. The van der Waals surface area contributed by atoms with Crippen LogP contribution in [0.15, 0.2) is 11.1 Å². The summed E-state index contributed by atoms with van der Waals surface area (Å²) >= 11 is 0.